The smallest absolute Gasteiger partial charge is 0.250 e. The lowest BCUT2D eigenvalue weighted by atomic mass is 10.0. The molecule has 0 radical (unpaired) electrons. The highest BCUT2D eigenvalue weighted by Gasteiger charge is 2.29. The van der Waals surface area contributed by atoms with E-state index in [-0.39, 0.29) is 16.0 Å². The third-order valence-electron chi connectivity index (χ3n) is 4.60. The third kappa shape index (κ3) is 4.88. The second-order valence-corrected chi connectivity index (χ2v) is 9.89. The van der Waals surface area contributed by atoms with Crippen LogP contribution in [0.15, 0.2) is 46.0 Å². The number of rotatable bonds is 7. The summed E-state index contributed by atoms with van der Waals surface area (Å²) in [5, 5.41) is 4.52. The maximum atomic E-state index is 12.7. The third-order valence-corrected chi connectivity index (χ3v) is 7.44. The highest BCUT2D eigenvalue weighted by molar-refractivity contribution is 7.91. The number of benzene rings is 1. The van der Waals surface area contributed by atoms with E-state index in [4.69, 9.17) is 0 Å². The van der Waals surface area contributed by atoms with Crippen molar-refractivity contribution in [1.29, 1.82) is 0 Å². The molecule has 1 aromatic carbocycles. The van der Waals surface area contributed by atoms with Crippen LogP contribution in [0.5, 0.6) is 0 Å². The van der Waals surface area contributed by atoms with Crippen LogP contribution >= 0.6 is 11.3 Å². The number of sulfonamides is 1. The largest absolute Gasteiger partial charge is 0.372 e. The Bertz CT molecular complexity index is 856. The second-order valence-electron chi connectivity index (χ2n) is 7.01. The summed E-state index contributed by atoms with van der Waals surface area (Å²) in [7, 11) is -3.72. The average molecular weight is 408 g/mol. The minimum Gasteiger partial charge on any atom is -0.372 e. The number of nitrogens with zero attached hydrogens (tertiary/aromatic N) is 1. The Hall–Kier alpha value is -1.90. The maximum Gasteiger partial charge on any atom is 0.250 e. The lowest BCUT2D eigenvalue weighted by molar-refractivity contribution is -0.118. The Kier molecular flexibility index (Phi) is 6.18. The lowest BCUT2D eigenvalue weighted by Crippen LogP contribution is -2.46. The first-order chi connectivity index (χ1) is 12.9. The topological polar surface area (TPSA) is 78.5 Å². The van der Waals surface area contributed by atoms with E-state index in [0.717, 1.165) is 30.1 Å². The van der Waals surface area contributed by atoms with Crippen molar-refractivity contribution in [2.24, 2.45) is 5.92 Å². The molecular formula is C19H25N3O3S2. The fourth-order valence-electron chi connectivity index (χ4n) is 3.08. The van der Waals surface area contributed by atoms with Gasteiger partial charge < -0.3 is 10.2 Å². The van der Waals surface area contributed by atoms with Crippen LogP contribution in [0, 0.1) is 5.92 Å². The molecule has 2 aromatic rings. The van der Waals surface area contributed by atoms with Gasteiger partial charge in [0.2, 0.25) is 5.91 Å². The number of hydrogen-bond acceptors (Lipinski definition) is 5. The predicted octanol–water partition coefficient (Wildman–Crippen LogP) is 3.29. The molecule has 1 amide bonds. The van der Waals surface area contributed by atoms with Crippen molar-refractivity contribution in [2.75, 3.05) is 23.3 Å². The molecule has 27 heavy (non-hydrogen) atoms. The first-order valence-electron chi connectivity index (χ1n) is 9.08. The summed E-state index contributed by atoms with van der Waals surface area (Å²) in [6.45, 7) is 5.76. The van der Waals surface area contributed by atoms with Gasteiger partial charge >= 0.3 is 0 Å². The van der Waals surface area contributed by atoms with Gasteiger partial charge in [-0.3, -0.25) is 4.79 Å². The molecule has 1 aliphatic rings. The SMILES string of the molecule is CC(C)[C@H](NS(=O)(=O)c1cccs1)C(=O)Nc1ccc(N2CCCC2)cc1. The summed E-state index contributed by atoms with van der Waals surface area (Å²) in [6, 6.07) is 10.0. The van der Waals surface area contributed by atoms with Crippen molar-refractivity contribution in [3.63, 3.8) is 0 Å². The van der Waals surface area contributed by atoms with Gasteiger partial charge in [0.1, 0.15) is 10.3 Å². The Morgan fingerprint density at radius 1 is 1.11 bits per heavy atom. The van der Waals surface area contributed by atoms with E-state index in [1.54, 1.807) is 11.4 Å². The average Bonchev–Trinajstić information content (AvgIpc) is 3.33. The zero-order valence-electron chi connectivity index (χ0n) is 15.5. The lowest BCUT2D eigenvalue weighted by Gasteiger charge is -2.22. The molecule has 1 atom stereocenters. The Labute approximate surface area is 164 Å². The molecule has 0 aliphatic carbocycles. The molecule has 0 unspecified atom stereocenters. The summed E-state index contributed by atoms with van der Waals surface area (Å²) in [6.07, 6.45) is 2.41. The molecule has 1 fully saturated rings. The number of carbonyl (C=O) groups is 1. The number of nitrogens with one attached hydrogen (secondary N) is 2. The monoisotopic (exact) mass is 407 g/mol. The van der Waals surface area contributed by atoms with E-state index >= 15 is 0 Å². The van der Waals surface area contributed by atoms with Crippen LogP contribution in [0.1, 0.15) is 26.7 Å². The van der Waals surface area contributed by atoms with Gasteiger partial charge in [0.05, 0.1) is 0 Å². The number of thiophene rings is 1. The van der Waals surface area contributed by atoms with Gasteiger partial charge in [0.15, 0.2) is 0 Å². The van der Waals surface area contributed by atoms with Crippen LogP contribution in [0.3, 0.4) is 0 Å². The van der Waals surface area contributed by atoms with Gasteiger partial charge in [0, 0.05) is 24.5 Å². The van der Waals surface area contributed by atoms with Gasteiger partial charge in [-0.2, -0.15) is 4.72 Å². The van der Waals surface area contributed by atoms with Crippen LogP contribution < -0.4 is 14.9 Å². The summed E-state index contributed by atoms with van der Waals surface area (Å²) in [4.78, 5) is 15.0. The highest BCUT2D eigenvalue weighted by atomic mass is 32.2. The van der Waals surface area contributed by atoms with Crippen molar-refractivity contribution in [2.45, 2.75) is 36.9 Å². The van der Waals surface area contributed by atoms with Crippen LogP contribution in [-0.2, 0) is 14.8 Å². The summed E-state index contributed by atoms with van der Waals surface area (Å²) < 4.78 is 27.7. The van der Waals surface area contributed by atoms with Crippen LogP contribution in [-0.4, -0.2) is 33.5 Å². The molecule has 0 saturated carbocycles. The van der Waals surface area contributed by atoms with Crippen LogP contribution in [0.4, 0.5) is 11.4 Å². The Morgan fingerprint density at radius 2 is 1.78 bits per heavy atom. The van der Waals surface area contributed by atoms with Crippen molar-refractivity contribution in [3.05, 3.63) is 41.8 Å². The minimum atomic E-state index is -3.72. The molecular weight excluding hydrogens is 382 g/mol. The maximum absolute atomic E-state index is 12.7. The number of hydrogen-bond donors (Lipinski definition) is 2. The molecule has 1 aromatic heterocycles. The van der Waals surface area contributed by atoms with Gasteiger partial charge in [-0.15, -0.1) is 11.3 Å². The van der Waals surface area contributed by atoms with Crippen molar-refractivity contribution < 1.29 is 13.2 Å². The molecule has 0 bridgehead atoms. The number of anilines is 2. The molecule has 2 heterocycles. The predicted molar refractivity (Wildman–Crippen MR) is 110 cm³/mol. The van der Waals surface area contributed by atoms with Crippen LogP contribution in [0.25, 0.3) is 0 Å². The zero-order chi connectivity index (χ0) is 19.4. The summed E-state index contributed by atoms with van der Waals surface area (Å²) in [5.41, 5.74) is 1.80. The first-order valence-corrected chi connectivity index (χ1v) is 11.4. The van der Waals surface area contributed by atoms with Gasteiger partial charge in [-0.1, -0.05) is 19.9 Å². The van der Waals surface area contributed by atoms with E-state index in [9.17, 15) is 13.2 Å². The number of amides is 1. The van der Waals surface area contributed by atoms with Crippen LogP contribution in [0.2, 0.25) is 0 Å². The van der Waals surface area contributed by atoms with Crippen molar-refractivity contribution in [1.82, 2.24) is 4.72 Å². The zero-order valence-corrected chi connectivity index (χ0v) is 17.1. The first kappa shape index (κ1) is 19.9. The highest BCUT2D eigenvalue weighted by Crippen LogP contribution is 2.23. The van der Waals surface area contributed by atoms with Crippen molar-refractivity contribution in [3.8, 4) is 0 Å². The molecule has 8 heteroatoms. The molecule has 0 spiro atoms. The Balaban J connectivity index is 1.68. The second kappa shape index (κ2) is 8.41. The van der Waals surface area contributed by atoms with Gasteiger partial charge in [-0.25, -0.2) is 8.42 Å². The van der Waals surface area contributed by atoms with E-state index in [1.165, 1.54) is 18.9 Å². The van der Waals surface area contributed by atoms with E-state index < -0.39 is 16.1 Å². The molecule has 3 rings (SSSR count). The van der Waals surface area contributed by atoms with E-state index in [2.05, 4.69) is 14.9 Å². The molecule has 146 valence electrons. The summed E-state index contributed by atoms with van der Waals surface area (Å²) in [5.74, 6) is -0.553. The quantitative estimate of drug-likeness (QED) is 0.738. The Morgan fingerprint density at radius 3 is 2.33 bits per heavy atom. The van der Waals surface area contributed by atoms with Crippen molar-refractivity contribution >= 4 is 38.6 Å². The normalized spacial score (nSPS) is 15.9. The fourth-order valence-corrected chi connectivity index (χ4v) is 5.44. The van der Waals surface area contributed by atoms with Gasteiger partial charge in [0.25, 0.3) is 10.0 Å². The summed E-state index contributed by atoms with van der Waals surface area (Å²) >= 11 is 1.13. The molecule has 6 nitrogen and oxygen atoms in total. The fraction of sp³-hybridized carbons (Fsp3) is 0.421. The van der Waals surface area contributed by atoms with E-state index in [0.29, 0.717) is 5.69 Å². The van der Waals surface area contributed by atoms with E-state index in [1.807, 2.05) is 38.1 Å². The standard InChI is InChI=1S/C19H25N3O3S2/c1-14(2)18(21-27(24,25)17-6-5-13-26-17)19(23)20-15-7-9-16(10-8-15)22-11-3-4-12-22/h5-10,13-14,18,21H,3-4,11-12H2,1-2H3,(H,20,23)/t18-/m0/s1. The van der Waals surface area contributed by atoms with Gasteiger partial charge in [-0.05, 0) is 54.5 Å². The molecule has 1 saturated heterocycles. The number of carbonyl (C=O) groups excluding carboxylic acids is 1. The molecule has 2 N–H and O–H groups in total. The minimum absolute atomic E-state index is 0.191. The molecule has 1 aliphatic heterocycles.